The second-order valence-corrected chi connectivity index (χ2v) is 6.15. The van der Waals surface area contributed by atoms with Gasteiger partial charge in [0.2, 0.25) is 0 Å². The first-order chi connectivity index (χ1) is 12.4. The molecule has 7 nitrogen and oxygen atoms in total. The first-order valence-corrected chi connectivity index (χ1v) is 8.08. The Bertz CT molecular complexity index is 825. The van der Waals surface area contributed by atoms with Crippen LogP contribution in [0.4, 0.5) is 5.69 Å². The highest BCUT2D eigenvalue weighted by molar-refractivity contribution is 5.94. The fourth-order valence-electron chi connectivity index (χ4n) is 2.41. The number of benzene rings is 2. The molecule has 0 aliphatic rings. The first kappa shape index (κ1) is 19.1. The van der Waals surface area contributed by atoms with E-state index < -0.39 is 4.92 Å². The molecule has 0 N–H and O–H groups in total. The minimum absolute atomic E-state index is 0.109. The van der Waals surface area contributed by atoms with E-state index >= 15 is 0 Å². The van der Waals surface area contributed by atoms with Crippen LogP contribution in [0.5, 0.6) is 0 Å². The maximum atomic E-state index is 12.9. The number of amides is 1. The van der Waals surface area contributed by atoms with Crippen molar-refractivity contribution in [3.05, 3.63) is 75.3 Å². The van der Waals surface area contributed by atoms with Gasteiger partial charge in [-0.3, -0.25) is 14.9 Å². The molecule has 2 aromatic carbocycles. The minimum atomic E-state index is -0.512. The summed E-state index contributed by atoms with van der Waals surface area (Å²) in [5, 5.41) is 19.8. The molecule has 26 heavy (non-hydrogen) atoms. The molecule has 0 aliphatic heterocycles. The van der Waals surface area contributed by atoms with Crippen LogP contribution in [-0.2, 0) is 6.54 Å². The minimum Gasteiger partial charge on any atom is -0.333 e. The third-order valence-electron chi connectivity index (χ3n) is 3.86. The van der Waals surface area contributed by atoms with E-state index in [1.165, 1.54) is 18.2 Å². The lowest BCUT2D eigenvalue weighted by molar-refractivity contribution is -0.384. The Morgan fingerprint density at radius 2 is 1.85 bits per heavy atom. The lowest BCUT2D eigenvalue weighted by Crippen LogP contribution is -2.36. The van der Waals surface area contributed by atoms with Crippen molar-refractivity contribution in [2.45, 2.75) is 6.54 Å². The lowest BCUT2D eigenvalue weighted by atomic mass is 10.1. The van der Waals surface area contributed by atoms with Crippen LogP contribution >= 0.6 is 0 Å². The van der Waals surface area contributed by atoms with Crippen LogP contribution in [0.2, 0.25) is 0 Å². The highest BCUT2D eigenvalue weighted by atomic mass is 16.6. The molecule has 2 rings (SSSR count). The summed E-state index contributed by atoms with van der Waals surface area (Å²) in [6, 6.07) is 14.8. The molecular weight excluding hydrogens is 332 g/mol. The quantitative estimate of drug-likeness (QED) is 0.564. The predicted molar refractivity (Wildman–Crippen MR) is 97.5 cm³/mol. The number of likely N-dealkylation sites (N-methyl/N-ethyl adjacent to an activating group) is 1. The summed E-state index contributed by atoms with van der Waals surface area (Å²) in [6.07, 6.45) is 0. The fourth-order valence-corrected chi connectivity index (χ4v) is 2.41. The number of nitro benzene ring substituents is 1. The zero-order valence-electron chi connectivity index (χ0n) is 14.8. The second-order valence-electron chi connectivity index (χ2n) is 6.15. The third kappa shape index (κ3) is 5.13. The monoisotopic (exact) mass is 352 g/mol. The molecule has 2 aromatic rings. The lowest BCUT2D eigenvalue weighted by Gasteiger charge is -2.24. The molecule has 0 saturated carbocycles. The molecule has 0 fully saturated rings. The van der Waals surface area contributed by atoms with Crippen LogP contribution in [0.1, 0.15) is 21.5 Å². The molecule has 7 heteroatoms. The molecule has 0 radical (unpaired) electrons. The summed E-state index contributed by atoms with van der Waals surface area (Å²) >= 11 is 0. The molecule has 0 unspecified atom stereocenters. The summed E-state index contributed by atoms with van der Waals surface area (Å²) < 4.78 is 0. The number of hydrogen-bond donors (Lipinski definition) is 0. The van der Waals surface area contributed by atoms with Gasteiger partial charge in [-0.15, -0.1) is 0 Å². The van der Waals surface area contributed by atoms with Gasteiger partial charge in [-0.1, -0.05) is 18.2 Å². The third-order valence-corrected chi connectivity index (χ3v) is 3.86. The highest BCUT2D eigenvalue weighted by Gasteiger charge is 2.18. The van der Waals surface area contributed by atoms with Crippen molar-refractivity contribution in [1.29, 1.82) is 5.26 Å². The Labute approximate surface area is 152 Å². The van der Waals surface area contributed by atoms with Gasteiger partial charge in [0.1, 0.15) is 0 Å². The van der Waals surface area contributed by atoms with Crippen molar-refractivity contribution < 1.29 is 9.72 Å². The molecule has 0 bridgehead atoms. The smallest absolute Gasteiger partial charge is 0.270 e. The highest BCUT2D eigenvalue weighted by Crippen LogP contribution is 2.16. The van der Waals surface area contributed by atoms with E-state index in [2.05, 4.69) is 6.07 Å². The molecule has 1 amide bonds. The normalized spacial score (nSPS) is 10.4. The summed E-state index contributed by atoms with van der Waals surface area (Å²) in [7, 11) is 3.83. The van der Waals surface area contributed by atoms with E-state index in [0.29, 0.717) is 25.2 Å². The molecule has 0 heterocycles. The Hall–Kier alpha value is -3.24. The fraction of sp³-hybridized carbons (Fsp3) is 0.263. The number of non-ortho nitro benzene ring substituents is 1. The molecule has 134 valence electrons. The van der Waals surface area contributed by atoms with Crippen LogP contribution in [-0.4, -0.2) is 47.8 Å². The van der Waals surface area contributed by atoms with E-state index in [9.17, 15) is 14.9 Å². The van der Waals surface area contributed by atoms with Crippen molar-refractivity contribution in [3.63, 3.8) is 0 Å². The van der Waals surface area contributed by atoms with Crippen molar-refractivity contribution >= 4 is 11.6 Å². The van der Waals surface area contributed by atoms with Crippen molar-refractivity contribution in [2.75, 3.05) is 27.2 Å². The number of carbonyl (C=O) groups excluding carboxylic acids is 1. The van der Waals surface area contributed by atoms with Gasteiger partial charge >= 0.3 is 0 Å². The maximum absolute atomic E-state index is 12.9. The van der Waals surface area contributed by atoms with Crippen LogP contribution in [0.15, 0.2) is 48.5 Å². The van der Waals surface area contributed by atoms with Gasteiger partial charge in [-0.25, -0.2) is 0 Å². The zero-order chi connectivity index (χ0) is 19.1. The van der Waals surface area contributed by atoms with E-state index in [1.54, 1.807) is 23.1 Å². The Balaban J connectivity index is 2.24. The van der Waals surface area contributed by atoms with E-state index in [-0.39, 0.29) is 17.2 Å². The number of nitriles is 1. The number of nitrogens with zero attached hydrogens (tertiary/aromatic N) is 4. The molecular formula is C19H20N4O3. The van der Waals surface area contributed by atoms with Crippen molar-refractivity contribution in [2.24, 2.45) is 0 Å². The Morgan fingerprint density at radius 1 is 1.15 bits per heavy atom. The maximum Gasteiger partial charge on any atom is 0.270 e. The van der Waals surface area contributed by atoms with Gasteiger partial charge in [0.05, 0.1) is 16.6 Å². The van der Waals surface area contributed by atoms with Gasteiger partial charge in [0.15, 0.2) is 0 Å². The second kappa shape index (κ2) is 8.74. The standard InChI is InChI=1S/C19H20N4O3/c1-21(2)10-11-22(14-16-8-6-15(13-20)7-9-16)19(24)17-4-3-5-18(12-17)23(25)26/h3-9,12H,10-11,14H2,1-2H3. The van der Waals surface area contributed by atoms with E-state index in [4.69, 9.17) is 5.26 Å². The van der Waals surface area contributed by atoms with Crippen LogP contribution in [0.25, 0.3) is 0 Å². The first-order valence-electron chi connectivity index (χ1n) is 8.08. The van der Waals surface area contributed by atoms with E-state index in [1.807, 2.05) is 31.1 Å². The van der Waals surface area contributed by atoms with Gasteiger partial charge in [-0.2, -0.15) is 5.26 Å². The molecule has 0 aromatic heterocycles. The van der Waals surface area contributed by atoms with Crippen LogP contribution in [0, 0.1) is 21.4 Å². The topological polar surface area (TPSA) is 90.5 Å². The van der Waals surface area contributed by atoms with Crippen molar-refractivity contribution in [1.82, 2.24) is 9.80 Å². The molecule has 0 aliphatic carbocycles. The van der Waals surface area contributed by atoms with Crippen molar-refractivity contribution in [3.8, 4) is 6.07 Å². The Morgan fingerprint density at radius 3 is 2.42 bits per heavy atom. The number of nitro groups is 1. The summed E-state index contributed by atoms with van der Waals surface area (Å²) in [5.41, 5.74) is 1.62. The summed E-state index contributed by atoms with van der Waals surface area (Å²) in [6.45, 7) is 1.51. The summed E-state index contributed by atoms with van der Waals surface area (Å²) in [5.74, 6) is -0.264. The number of hydrogen-bond acceptors (Lipinski definition) is 5. The molecule has 0 atom stereocenters. The Kier molecular flexibility index (Phi) is 6.42. The average Bonchev–Trinajstić information content (AvgIpc) is 2.65. The predicted octanol–water partition coefficient (Wildman–Crippen LogP) is 2.67. The largest absolute Gasteiger partial charge is 0.333 e. The number of carbonyl (C=O) groups is 1. The SMILES string of the molecule is CN(C)CCN(Cc1ccc(C#N)cc1)C(=O)c1cccc([N+](=O)[O-])c1. The summed E-state index contributed by atoms with van der Waals surface area (Å²) in [4.78, 5) is 27.0. The molecule has 0 saturated heterocycles. The van der Waals surface area contributed by atoms with Crippen LogP contribution in [0.3, 0.4) is 0 Å². The zero-order valence-corrected chi connectivity index (χ0v) is 14.8. The van der Waals surface area contributed by atoms with Crippen LogP contribution < -0.4 is 0 Å². The molecule has 0 spiro atoms. The number of rotatable bonds is 7. The van der Waals surface area contributed by atoms with Gasteiger partial charge < -0.3 is 9.80 Å². The van der Waals surface area contributed by atoms with E-state index in [0.717, 1.165) is 5.56 Å². The van der Waals surface area contributed by atoms with Gasteiger partial charge in [-0.05, 0) is 37.9 Å². The van der Waals surface area contributed by atoms with Gasteiger partial charge in [0, 0.05) is 37.3 Å². The van der Waals surface area contributed by atoms with Gasteiger partial charge in [0.25, 0.3) is 11.6 Å². The average molecular weight is 352 g/mol.